The Morgan fingerprint density at radius 3 is 2.61 bits per heavy atom. The molecule has 96 valence electrons. The Balaban J connectivity index is 2.78. The summed E-state index contributed by atoms with van der Waals surface area (Å²) in [6.45, 7) is 6.20. The molecule has 0 unspecified atom stereocenters. The van der Waals surface area contributed by atoms with Gasteiger partial charge in [-0.1, -0.05) is 20.3 Å². The van der Waals surface area contributed by atoms with E-state index in [1.165, 1.54) is 5.56 Å². The molecule has 1 heterocycles. The molecule has 0 radical (unpaired) electrons. The van der Waals surface area contributed by atoms with Gasteiger partial charge in [0.1, 0.15) is 0 Å². The largest absolute Gasteiger partial charge is 0.478 e. The first-order valence-electron chi connectivity index (χ1n) is 6.45. The van der Waals surface area contributed by atoms with Gasteiger partial charge >= 0.3 is 5.97 Å². The van der Waals surface area contributed by atoms with E-state index >= 15 is 0 Å². The summed E-state index contributed by atoms with van der Waals surface area (Å²) >= 11 is 0. The van der Waals surface area contributed by atoms with Crippen molar-refractivity contribution in [2.24, 2.45) is 0 Å². The summed E-state index contributed by atoms with van der Waals surface area (Å²) < 4.78 is 0. The lowest BCUT2D eigenvalue weighted by Gasteiger charge is -2.04. The molecule has 0 fully saturated rings. The van der Waals surface area contributed by atoms with Crippen molar-refractivity contribution in [1.29, 1.82) is 0 Å². The quantitative estimate of drug-likeness (QED) is 0.863. The van der Waals surface area contributed by atoms with Crippen molar-refractivity contribution in [3.63, 3.8) is 0 Å². The lowest BCUT2D eigenvalue weighted by molar-refractivity contribution is 0.0698. The van der Waals surface area contributed by atoms with E-state index in [4.69, 9.17) is 0 Å². The Hall–Kier alpha value is -1.77. The zero-order valence-electron chi connectivity index (χ0n) is 11.1. The maximum absolute atomic E-state index is 11.3. The van der Waals surface area contributed by atoms with E-state index in [1.807, 2.05) is 13.8 Å². The van der Waals surface area contributed by atoms with Crippen LogP contribution in [0, 0.1) is 6.92 Å². The van der Waals surface area contributed by atoms with E-state index in [0.29, 0.717) is 5.56 Å². The molecular formula is C15H19NO2. The van der Waals surface area contributed by atoms with Gasteiger partial charge < -0.3 is 10.1 Å². The number of aryl methyl sites for hydroxylation is 3. The molecule has 0 saturated carbocycles. The zero-order valence-corrected chi connectivity index (χ0v) is 11.1. The summed E-state index contributed by atoms with van der Waals surface area (Å²) in [4.78, 5) is 14.6. The van der Waals surface area contributed by atoms with Gasteiger partial charge in [-0.15, -0.1) is 0 Å². The van der Waals surface area contributed by atoms with Crippen molar-refractivity contribution in [1.82, 2.24) is 4.98 Å². The molecule has 3 nitrogen and oxygen atoms in total. The molecule has 0 amide bonds. The Kier molecular flexibility index (Phi) is 3.41. The first-order valence-corrected chi connectivity index (χ1v) is 6.45. The molecule has 0 aliphatic carbocycles. The van der Waals surface area contributed by atoms with Crippen molar-refractivity contribution in [2.45, 2.75) is 40.0 Å². The predicted molar refractivity (Wildman–Crippen MR) is 73.4 cm³/mol. The second-order valence-corrected chi connectivity index (χ2v) is 4.70. The van der Waals surface area contributed by atoms with Crippen LogP contribution in [0.15, 0.2) is 12.1 Å². The Morgan fingerprint density at radius 1 is 1.33 bits per heavy atom. The number of carboxylic acid groups (broad SMARTS) is 1. The van der Waals surface area contributed by atoms with Gasteiger partial charge in [-0.3, -0.25) is 0 Å². The molecule has 18 heavy (non-hydrogen) atoms. The fraction of sp³-hybridized carbons (Fsp3) is 0.400. The van der Waals surface area contributed by atoms with E-state index in [0.717, 1.165) is 41.4 Å². The molecule has 0 bridgehead atoms. The van der Waals surface area contributed by atoms with E-state index in [1.54, 1.807) is 6.07 Å². The molecule has 2 N–H and O–H groups in total. The number of aromatic amines is 1. The number of benzene rings is 1. The number of carbonyl (C=O) groups is 1. The standard InChI is InChI=1S/C15H19NO2/c1-4-6-11-9(3)16-14-12(11)7-10(5-2)8-13(14)15(17)18/h7-8,16H,4-6H2,1-3H3,(H,17,18). The maximum atomic E-state index is 11.3. The van der Waals surface area contributed by atoms with Crippen molar-refractivity contribution in [3.8, 4) is 0 Å². The number of fused-ring (bicyclic) bond motifs is 1. The molecule has 1 aromatic carbocycles. The highest BCUT2D eigenvalue weighted by atomic mass is 16.4. The summed E-state index contributed by atoms with van der Waals surface area (Å²) in [5, 5.41) is 10.4. The van der Waals surface area contributed by atoms with Crippen LogP contribution in [0.2, 0.25) is 0 Å². The second kappa shape index (κ2) is 4.84. The highest BCUT2D eigenvalue weighted by Gasteiger charge is 2.16. The maximum Gasteiger partial charge on any atom is 0.337 e. The zero-order chi connectivity index (χ0) is 13.3. The van der Waals surface area contributed by atoms with Gasteiger partial charge in [0.05, 0.1) is 11.1 Å². The summed E-state index contributed by atoms with van der Waals surface area (Å²) in [5.74, 6) is -0.861. The highest BCUT2D eigenvalue weighted by molar-refractivity contribution is 6.03. The van der Waals surface area contributed by atoms with Crippen LogP contribution >= 0.6 is 0 Å². The Morgan fingerprint density at radius 2 is 2.06 bits per heavy atom. The van der Waals surface area contributed by atoms with Crippen molar-refractivity contribution < 1.29 is 9.90 Å². The minimum Gasteiger partial charge on any atom is -0.478 e. The molecule has 3 heteroatoms. The van der Waals surface area contributed by atoms with E-state index in [-0.39, 0.29) is 0 Å². The minimum atomic E-state index is -0.861. The van der Waals surface area contributed by atoms with Gasteiger partial charge in [0.2, 0.25) is 0 Å². The van der Waals surface area contributed by atoms with Crippen LogP contribution in [-0.2, 0) is 12.8 Å². The molecule has 2 rings (SSSR count). The van der Waals surface area contributed by atoms with Gasteiger partial charge in [-0.25, -0.2) is 4.79 Å². The summed E-state index contributed by atoms with van der Waals surface area (Å²) in [6.07, 6.45) is 2.90. The van der Waals surface area contributed by atoms with Crippen molar-refractivity contribution in [2.75, 3.05) is 0 Å². The molecule has 0 aliphatic rings. The number of carboxylic acids is 1. The van der Waals surface area contributed by atoms with Crippen molar-refractivity contribution >= 4 is 16.9 Å². The summed E-state index contributed by atoms with van der Waals surface area (Å²) in [7, 11) is 0. The average molecular weight is 245 g/mol. The minimum absolute atomic E-state index is 0.384. The predicted octanol–water partition coefficient (Wildman–Crippen LogP) is 3.69. The molecule has 0 saturated heterocycles. The van der Waals surface area contributed by atoms with Gasteiger partial charge in [-0.05, 0) is 43.0 Å². The number of nitrogens with one attached hydrogen (secondary N) is 1. The van der Waals surface area contributed by atoms with E-state index in [2.05, 4.69) is 18.0 Å². The van der Waals surface area contributed by atoms with Gasteiger partial charge in [0.25, 0.3) is 0 Å². The first kappa shape index (κ1) is 12.7. The van der Waals surface area contributed by atoms with E-state index < -0.39 is 5.97 Å². The number of H-pyrrole nitrogens is 1. The molecule has 1 aromatic heterocycles. The third-order valence-corrected chi connectivity index (χ3v) is 3.43. The van der Waals surface area contributed by atoms with Crippen LogP contribution in [-0.4, -0.2) is 16.1 Å². The van der Waals surface area contributed by atoms with Crippen LogP contribution < -0.4 is 0 Å². The van der Waals surface area contributed by atoms with E-state index in [9.17, 15) is 9.90 Å². The van der Waals surface area contributed by atoms with Gasteiger partial charge in [-0.2, -0.15) is 0 Å². The average Bonchev–Trinajstić information content (AvgIpc) is 2.65. The molecule has 0 atom stereocenters. The number of hydrogen-bond donors (Lipinski definition) is 2. The number of aromatic nitrogens is 1. The normalized spacial score (nSPS) is 11.1. The topological polar surface area (TPSA) is 53.1 Å². The summed E-state index contributed by atoms with van der Waals surface area (Å²) in [5.41, 5.74) is 4.57. The van der Waals surface area contributed by atoms with Gasteiger partial charge in [0, 0.05) is 11.1 Å². The van der Waals surface area contributed by atoms with Gasteiger partial charge in [0.15, 0.2) is 0 Å². The smallest absolute Gasteiger partial charge is 0.337 e. The SMILES string of the molecule is CCCc1c(C)[nH]c2c(C(=O)O)cc(CC)cc12. The van der Waals surface area contributed by atoms with Crippen LogP contribution in [0.1, 0.15) is 47.4 Å². The first-order chi connectivity index (χ1) is 8.58. The number of rotatable bonds is 4. The molecule has 0 aliphatic heterocycles. The van der Waals surface area contributed by atoms with Crippen LogP contribution in [0.3, 0.4) is 0 Å². The summed E-state index contributed by atoms with van der Waals surface area (Å²) in [6, 6.07) is 3.90. The number of aromatic carboxylic acids is 1. The fourth-order valence-electron chi connectivity index (χ4n) is 2.48. The van der Waals surface area contributed by atoms with Crippen molar-refractivity contribution in [3.05, 3.63) is 34.5 Å². The van der Waals surface area contributed by atoms with Crippen LogP contribution in [0.25, 0.3) is 10.9 Å². The number of hydrogen-bond acceptors (Lipinski definition) is 1. The molecule has 0 spiro atoms. The lowest BCUT2D eigenvalue weighted by atomic mass is 10.00. The Labute approximate surface area is 107 Å². The lowest BCUT2D eigenvalue weighted by Crippen LogP contribution is -1.99. The highest BCUT2D eigenvalue weighted by Crippen LogP contribution is 2.28. The molecular weight excluding hydrogens is 226 g/mol. The monoisotopic (exact) mass is 245 g/mol. The third-order valence-electron chi connectivity index (χ3n) is 3.43. The van der Waals surface area contributed by atoms with Crippen LogP contribution in [0.5, 0.6) is 0 Å². The second-order valence-electron chi connectivity index (χ2n) is 4.70. The Bertz CT molecular complexity index is 596. The fourth-order valence-corrected chi connectivity index (χ4v) is 2.48. The molecule has 2 aromatic rings. The van der Waals surface area contributed by atoms with Crippen LogP contribution in [0.4, 0.5) is 0 Å². The third kappa shape index (κ3) is 2.01.